The summed E-state index contributed by atoms with van der Waals surface area (Å²) in [5, 5.41) is 8.86. The Morgan fingerprint density at radius 2 is 1.67 bits per heavy atom. The SMILES string of the molecule is CN(Cc1ccccc1/C=C/C#N)Cc1nc2ccccc2n1Cc1ccccc1. The zero-order chi connectivity index (χ0) is 20.8. The molecule has 4 nitrogen and oxygen atoms in total. The maximum atomic E-state index is 8.86. The van der Waals surface area contributed by atoms with Crippen LogP contribution in [-0.2, 0) is 19.6 Å². The molecule has 4 rings (SSSR count). The molecule has 0 spiro atoms. The predicted octanol–water partition coefficient (Wildman–Crippen LogP) is 5.25. The molecule has 0 saturated heterocycles. The summed E-state index contributed by atoms with van der Waals surface area (Å²) in [6.45, 7) is 2.31. The first-order chi connectivity index (χ1) is 14.7. The van der Waals surface area contributed by atoms with Gasteiger partial charge >= 0.3 is 0 Å². The summed E-state index contributed by atoms with van der Waals surface area (Å²) in [5.41, 5.74) is 5.70. The first kappa shape index (κ1) is 19.6. The lowest BCUT2D eigenvalue weighted by atomic mass is 10.1. The lowest BCUT2D eigenvalue weighted by Crippen LogP contribution is -2.21. The highest BCUT2D eigenvalue weighted by atomic mass is 15.2. The van der Waals surface area contributed by atoms with E-state index in [-0.39, 0.29) is 0 Å². The molecule has 0 aliphatic carbocycles. The molecule has 0 atom stereocenters. The van der Waals surface area contributed by atoms with Gasteiger partial charge in [-0.05, 0) is 41.9 Å². The molecule has 0 N–H and O–H groups in total. The van der Waals surface area contributed by atoms with Crippen LogP contribution in [0, 0.1) is 11.3 Å². The normalized spacial score (nSPS) is 11.4. The topological polar surface area (TPSA) is 44.9 Å². The summed E-state index contributed by atoms with van der Waals surface area (Å²) in [6, 6.07) is 29.1. The van der Waals surface area contributed by atoms with Crippen molar-refractivity contribution in [3.05, 3.63) is 107 Å². The van der Waals surface area contributed by atoms with E-state index < -0.39 is 0 Å². The Labute approximate surface area is 177 Å². The van der Waals surface area contributed by atoms with Crippen molar-refractivity contribution < 1.29 is 0 Å². The Kier molecular flexibility index (Phi) is 6.03. The summed E-state index contributed by atoms with van der Waals surface area (Å²) >= 11 is 0. The molecule has 30 heavy (non-hydrogen) atoms. The van der Waals surface area contributed by atoms with Crippen LogP contribution < -0.4 is 0 Å². The van der Waals surface area contributed by atoms with Gasteiger partial charge < -0.3 is 4.57 Å². The molecule has 0 amide bonds. The summed E-state index contributed by atoms with van der Waals surface area (Å²) in [6.07, 6.45) is 3.39. The number of fused-ring (bicyclic) bond motifs is 1. The van der Waals surface area contributed by atoms with Crippen molar-refractivity contribution in [2.45, 2.75) is 19.6 Å². The molecule has 0 bridgehead atoms. The molecule has 1 aromatic heterocycles. The number of allylic oxidation sites excluding steroid dienone is 1. The van der Waals surface area contributed by atoms with Crippen LogP contribution in [0.5, 0.6) is 0 Å². The van der Waals surface area contributed by atoms with Crippen LogP contribution in [0.15, 0.2) is 84.9 Å². The third-order valence-corrected chi connectivity index (χ3v) is 5.16. The van der Waals surface area contributed by atoms with E-state index in [2.05, 4.69) is 71.1 Å². The van der Waals surface area contributed by atoms with Gasteiger partial charge in [0.1, 0.15) is 5.82 Å². The molecule has 0 aliphatic heterocycles. The van der Waals surface area contributed by atoms with Crippen LogP contribution in [0.25, 0.3) is 17.1 Å². The van der Waals surface area contributed by atoms with E-state index in [0.29, 0.717) is 0 Å². The summed E-state index contributed by atoms with van der Waals surface area (Å²) in [5.74, 6) is 1.05. The van der Waals surface area contributed by atoms with Crippen LogP contribution >= 0.6 is 0 Å². The lowest BCUT2D eigenvalue weighted by molar-refractivity contribution is 0.306. The quantitative estimate of drug-likeness (QED) is 0.403. The van der Waals surface area contributed by atoms with Gasteiger partial charge in [-0.1, -0.05) is 66.7 Å². The number of aromatic nitrogens is 2. The molecule has 0 fully saturated rings. The summed E-state index contributed by atoms with van der Waals surface area (Å²) in [7, 11) is 2.11. The van der Waals surface area contributed by atoms with Crippen LogP contribution in [0.2, 0.25) is 0 Å². The average Bonchev–Trinajstić information content (AvgIpc) is 3.10. The first-order valence-electron chi connectivity index (χ1n) is 10.1. The van der Waals surface area contributed by atoms with Gasteiger partial charge in [-0.15, -0.1) is 0 Å². The van der Waals surface area contributed by atoms with Crippen molar-refractivity contribution in [1.29, 1.82) is 5.26 Å². The van der Waals surface area contributed by atoms with E-state index in [4.69, 9.17) is 10.2 Å². The second kappa shape index (κ2) is 9.21. The van der Waals surface area contributed by atoms with Crippen molar-refractivity contribution in [2.75, 3.05) is 7.05 Å². The predicted molar refractivity (Wildman–Crippen MR) is 122 cm³/mol. The molecule has 0 aliphatic rings. The Morgan fingerprint density at radius 3 is 2.50 bits per heavy atom. The van der Waals surface area contributed by atoms with Crippen LogP contribution in [0.4, 0.5) is 0 Å². The van der Waals surface area contributed by atoms with Gasteiger partial charge in [0.2, 0.25) is 0 Å². The molecule has 0 saturated carbocycles. The van der Waals surface area contributed by atoms with Crippen molar-refractivity contribution in [2.24, 2.45) is 0 Å². The molecule has 4 aromatic rings. The van der Waals surface area contributed by atoms with Crippen LogP contribution in [0.3, 0.4) is 0 Å². The van der Waals surface area contributed by atoms with Gasteiger partial charge in [0.05, 0.1) is 23.6 Å². The summed E-state index contributed by atoms with van der Waals surface area (Å²) in [4.78, 5) is 7.19. The fourth-order valence-electron chi connectivity index (χ4n) is 3.74. The second-order valence-corrected chi connectivity index (χ2v) is 7.42. The minimum atomic E-state index is 0.734. The zero-order valence-electron chi connectivity index (χ0n) is 17.1. The molecular weight excluding hydrogens is 368 g/mol. The smallest absolute Gasteiger partial charge is 0.124 e. The molecule has 3 aromatic carbocycles. The first-order valence-corrected chi connectivity index (χ1v) is 10.1. The van der Waals surface area contributed by atoms with Crippen molar-refractivity contribution >= 4 is 17.1 Å². The zero-order valence-corrected chi connectivity index (χ0v) is 17.1. The number of imidazole rings is 1. The largest absolute Gasteiger partial charge is 0.322 e. The van der Waals surface area contributed by atoms with E-state index in [1.54, 1.807) is 0 Å². The van der Waals surface area contributed by atoms with Gasteiger partial charge in [0, 0.05) is 19.2 Å². The highest BCUT2D eigenvalue weighted by Crippen LogP contribution is 2.20. The highest BCUT2D eigenvalue weighted by Gasteiger charge is 2.13. The number of nitriles is 1. The third kappa shape index (κ3) is 4.48. The van der Waals surface area contributed by atoms with E-state index in [9.17, 15) is 0 Å². The standard InChI is InChI=1S/C26H24N4/c1-29(19-23-13-6-5-12-22(23)14-9-17-27)20-26-28-24-15-7-8-16-25(24)30(26)18-21-10-3-2-4-11-21/h2-16H,18-20H2,1H3/b14-9+. The Bertz CT molecular complexity index is 1200. The van der Waals surface area contributed by atoms with E-state index >= 15 is 0 Å². The van der Waals surface area contributed by atoms with Gasteiger partial charge in [-0.25, -0.2) is 4.98 Å². The van der Waals surface area contributed by atoms with Gasteiger partial charge in [0.25, 0.3) is 0 Å². The average molecular weight is 393 g/mol. The van der Waals surface area contributed by atoms with Crippen molar-refractivity contribution in [1.82, 2.24) is 14.5 Å². The van der Waals surface area contributed by atoms with Gasteiger partial charge in [0.15, 0.2) is 0 Å². The molecule has 4 heteroatoms. The number of rotatable bonds is 7. The number of hydrogen-bond donors (Lipinski definition) is 0. The third-order valence-electron chi connectivity index (χ3n) is 5.16. The molecular formula is C26H24N4. The number of hydrogen-bond acceptors (Lipinski definition) is 3. The lowest BCUT2D eigenvalue weighted by Gasteiger charge is -2.19. The van der Waals surface area contributed by atoms with Crippen LogP contribution in [0.1, 0.15) is 22.5 Å². The van der Waals surface area contributed by atoms with Gasteiger partial charge in [-0.2, -0.15) is 5.26 Å². The molecule has 148 valence electrons. The van der Waals surface area contributed by atoms with Gasteiger partial charge in [-0.3, -0.25) is 4.90 Å². The maximum Gasteiger partial charge on any atom is 0.124 e. The fraction of sp³-hybridized carbons (Fsp3) is 0.154. The maximum absolute atomic E-state index is 8.86. The van der Waals surface area contributed by atoms with E-state index in [1.165, 1.54) is 17.2 Å². The Balaban J connectivity index is 1.60. The van der Waals surface area contributed by atoms with Crippen LogP contribution in [-0.4, -0.2) is 21.5 Å². The van der Waals surface area contributed by atoms with E-state index in [1.807, 2.05) is 36.4 Å². The minimum Gasteiger partial charge on any atom is -0.322 e. The van der Waals surface area contributed by atoms with E-state index in [0.717, 1.165) is 42.1 Å². The number of para-hydroxylation sites is 2. The fourth-order valence-corrected chi connectivity index (χ4v) is 3.74. The summed E-state index contributed by atoms with van der Waals surface area (Å²) < 4.78 is 2.31. The van der Waals surface area contributed by atoms with Crippen molar-refractivity contribution in [3.63, 3.8) is 0 Å². The molecule has 1 heterocycles. The Morgan fingerprint density at radius 1 is 0.933 bits per heavy atom. The minimum absolute atomic E-state index is 0.734. The monoisotopic (exact) mass is 392 g/mol. The number of nitrogens with zero attached hydrogens (tertiary/aromatic N) is 4. The number of benzene rings is 3. The highest BCUT2D eigenvalue weighted by molar-refractivity contribution is 5.76. The molecule has 0 radical (unpaired) electrons. The second-order valence-electron chi connectivity index (χ2n) is 7.42. The van der Waals surface area contributed by atoms with Crippen molar-refractivity contribution in [3.8, 4) is 6.07 Å². The Hall–Kier alpha value is -3.68. The molecule has 0 unspecified atom stereocenters.